The van der Waals surface area contributed by atoms with Gasteiger partial charge in [0.05, 0.1) is 12.4 Å². The van der Waals surface area contributed by atoms with E-state index in [1.807, 2.05) is 35.9 Å². The summed E-state index contributed by atoms with van der Waals surface area (Å²) in [4.78, 5) is 0. The maximum Gasteiger partial charge on any atom is 0.101 e. The van der Waals surface area contributed by atoms with Crippen LogP contribution in [0.15, 0.2) is 12.4 Å². The van der Waals surface area contributed by atoms with Gasteiger partial charge in [0.15, 0.2) is 0 Å². The lowest BCUT2D eigenvalue weighted by Gasteiger charge is -2.19. The first kappa shape index (κ1) is 14.3. The van der Waals surface area contributed by atoms with Crippen molar-refractivity contribution in [3.8, 4) is 0 Å². The van der Waals surface area contributed by atoms with Crippen LogP contribution in [0.4, 0.5) is 0 Å². The maximum absolute atomic E-state index is 5.93. The largest absolute Gasteiger partial charge is 0.372 e. The molecule has 1 aliphatic rings. The normalized spacial score (nSPS) is 22.1. The molecule has 2 aromatic rings. The van der Waals surface area contributed by atoms with E-state index in [1.54, 1.807) is 0 Å². The predicted octanol–water partition coefficient (Wildman–Crippen LogP) is 1.39. The van der Waals surface area contributed by atoms with Gasteiger partial charge in [0.2, 0.25) is 0 Å². The number of hydrogen-bond donors (Lipinski definition) is 1. The Morgan fingerprint density at radius 1 is 1.19 bits per heavy atom. The molecule has 114 valence electrons. The SMILES string of the molecule is Cc1c(CN[C@H]2CCO[C@@H]2c2cnn(C)c2C)cnn1C. The van der Waals surface area contributed by atoms with Gasteiger partial charge in [-0.05, 0) is 20.3 Å². The lowest BCUT2D eigenvalue weighted by Crippen LogP contribution is -2.31. The summed E-state index contributed by atoms with van der Waals surface area (Å²) in [5.41, 5.74) is 4.81. The van der Waals surface area contributed by atoms with Crippen molar-refractivity contribution in [2.45, 2.75) is 39.0 Å². The minimum absolute atomic E-state index is 0.0932. The molecule has 3 heterocycles. The summed E-state index contributed by atoms with van der Waals surface area (Å²) in [6.07, 6.45) is 4.98. The first-order chi connectivity index (χ1) is 10.1. The van der Waals surface area contributed by atoms with Crippen molar-refractivity contribution in [2.24, 2.45) is 14.1 Å². The van der Waals surface area contributed by atoms with Crippen LogP contribution < -0.4 is 5.32 Å². The monoisotopic (exact) mass is 289 g/mol. The second-order valence-electron chi connectivity index (χ2n) is 5.76. The van der Waals surface area contributed by atoms with Crippen LogP contribution in [0.3, 0.4) is 0 Å². The van der Waals surface area contributed by atoms with Gasteiger partial charge in [-0.1, -0.05) is 0 Å². The quantitative estimate of drug-likeness (QED) is 0.924. The van der Waals surface area contributed by atoms with Crippen molar-refractivity contribution in [1.29, 1.82) is 0 Å². The zero-order chi connectivity index (χ0) is 15.0. The van der Waals surface area contributed by atoms with Crippen LogP contribution in [-0.4, -0.2) is 32.2 Å². The Labute approximate surface area is 125 Å². The summed E-state index contributed by atoms with van der Waals surface area (Å²) in [7, 11) is 3.94. The highest BCUT2D eigenvalue weighted by atomic mass is 16.5. The van der Waals surface area contributed by atoms with Crippen molar-refractivity contribution in [1.82, 2.24) is 24.9 Å². The summed E-state index contributed by atoms with van der Waals surface area (Å²) >= 11 is 0. The Kier molecular flexibility index (Phi) is 3.82. The zero-order valence-electron chi connectivity index (χ0n) is 13.1. The van der Waals surface area contributed by atoms with Crippen molar-refractivity contribution < 1.29 is 4.74 Å². The summed E-state index contributed by atoms with van der Waals surface area (Å²) in [6, 6.07) is 0.326. The summed E-state index contributed by atoms with van der Waals surface area (Å²) in [5, 5.41) is 12.2. The Bertz CT molecular complexity index is 630. The highest BCUT2D eigenvalue weighted by Crippen LogP contribution is 2.31. The summed E-state index contributed by atoms with van der Waals surface area (Å²) in [5.74, 6) is 0. The summed E-state index contributed by atoms with van der Waals surface area (Å²) in [6.45, 7) is 5.80. The van der Waals surface area contributed by atoms with E-state index in [0.29, 0.717) is 6.04 Å². The second-order valence-corrected chi connectivity index (χ2v) is 5.76. The van der Waals surface area contributed by atoms with Gasteiger partial charge in [0.25, 0.3) is 0 Å². The molecule has 3 rings (SSSR count). The van der Waals surface area contributed by atoms with Crippen molar-refractivity contribution in [2.75, 3.05) is 6.61 Å². The minimum Gasteiger partial charge on any atom is -0.372 e. The fourth-order valence-electron chi connectivity index (χ4n) is 2.86. The van der Waals surface area contributed by atoms with Crippen molar-refractivity contribution in [3.05, 3.63) is 34.9 Å². The van der Waals surface area contributed by atoms with E-state index >= 15 is 0 Å². The molecule has 0 spiro atoms. The van der Waals surface area contributed by atoms with Gasteiger partial charge in [-0.15, -0.1) is 0 Å². The Hall–Kier alpha value is -1.66. The van der Waals surface area contributed by atoms with Crippen LogP contribution >= 0.6 is 0 Å². The fraction of sp³-hybridized carbons (Fsp3) is 0.600. The van der Waals surface area contributed by atoms with Crippen molar-refractivity contribution >= 4 is 0 Å². The Morgan fingerprint density at radius 3 is 2.52 bits per heavy atom. The number of rotatable bonds is 4. The van der Waals surface area contributed by atoms with E-state index in [4.69, 9.17) is 4.74 Å². The fourth-order valence-corrected chi connectivity index (χ4v) is 2.86. The van der Waals surface area contributed by atoms with Crippen LogP contribution in [-0.2, 0) is 25.4 Å². The first-order valence-corrected chi connectivity index (χ1v) is 7.39. The van der Waals surface area contributed by atoms with Gasteiger partial charge >= 0.3 is 0 Å². The Balaban J connectivity index is 1.70. The molecule has 6 nitrogen and oxygen atoms in total. The first-order valence-electron chi connectivity index (χ1n) is 7.39. The highest BCUT2D eigenvalue weighted by molar-refractivity contribution is 5.22. The van der Waals surface area contributed by atoms with Gasteiger partial charge < -0.3 is 10.1 Å². The van der Waals surface area contributed by atoms with E-state index in [0.717, 1.165) is 19.6 Å². The van der Waals surface area contributed by atoms with Crippen LogP contribution in [0.2, 0.25) is 0 Å². The lowest BCUT2D eigenvalue weighted by molar-refractivity contribution is 0.0979. The molecule has 1 N–H and O–H groups in total. The van der Waals surface area contributed by atoms with Gasteiger partial charge in [-0.25, -0.2) is 0 Å². The van der Waals surface area contributed by atoms with Gasteiger partial charge in [-0.3, -0.25) is 9.36 Å². The molecular weight excluding hydrogens is 266 g/mol. The van der Waals surface area contributed by atoms with Gasteiger partial charge in [-0.2, -0.15) is 10.2 Å². The molecule has 0 radical (unpaired) electrons. The molecule has 0 aliphatic carbocycles. The number of ether oxygens (including phenoxy) is 1. The van der Waals surface area contributed by atoms with E-state index in [1.165, 1.54) is 22.5 Å². The molecule has 2 aromatic heterocycles. The van der Waals surface area contributed by atoms with Crippen LogP contribution in [0.1, 0.15) is 35.0 Å². The molecule has 1 aliphatic heterocycles. The van der Waals surface area contributed by atoms with E-state index in [9.17, 15) is 0 Å². The number of aryl methyl sites for hydroxylation is 2. The molecule has 2 atom stereocenters. The molecule has 21 heavy (non-hydrogen) atoms. The molecule has 0 saturated carbocycles. The molecular formula is C15H23N5O. The topological polar surface area (TPSA) is 56.9 Å². The standard InChI is InChI=1S/C15H23N5O/c1-10-12(8-17-19(10)3)7-16-14-5-6-21-15(14)13-9-18-20(4)11(13)2/h8-9,14-16H,5-7H2,1-4H3/t14-,15+/m0/s1. The van der Waals surface area contributed by atoms with Crippen LogP contribution in [0.5, 0.6) is 0 Å². The number of nitrogens with zero attached hydrogens (tertiary/aromatic N) is 4. The second kappa shape index (κ2) is 5.61. The molecule has 0 amide bonds. The van der Waals surface area contributed by atoms with E-state index < -0.39 is 0 Å². The highest BCUT2D eigenvalue weighted by Gasteiger charge is 2.31. The van der Waals surface area contributed by atoms with Gasteiger partial charge in [0.1, 0.15) is 6.10 Å². The average molecular weight is 289 g/mol. The number of hydrogen-bond acceptors (Lipinski definition) is 4. The van der Waals surface area contributed by atoms with Gasteiger partial charge in [0, 0.05) is 55.8 Å². The third-order valence-corrected chi connectivity index (χ3v) is 4.56. The molecule has 1 fully saturated rings. The third-order valence-electron chi connectivity index (χ3n) is 4.56. The smallest absolute Gasteiger partial charge is 0.101 e. The average Bonchev–Trinajstić information content (AvgIpc) is 3.13. The number of nitrogens with one attached hydrogen (secondary N) is 1. The molecule has 0 aromatic carbocycles. The Morgan fingerprint density at radius 2 is 1.90 bits per heavy atom. The van der Waals surface area contributed by atoms with Crippen molar-refractivity contribution in [3.63, 3.8) is 0 Å². The molecule has 6 heteroatoms. The number of aromatic nitrogens is 4. The third kappa shape index (κ3) is 2.61. The molecule has 1 saturated heterocycles. The lowest BCUT2D eigenvalue weighted by atomic mass is 10.0. The maximum atomic E-state index is 5.93. The van der Waals surface area contributed by atoms with E-state index in [2.05, 4.69) is 29.4 Å². The minimum atomic E-state index is 0.0932. The van der Waals surface area contributed by atoms with Crippen LogP contribution in [0, 0.1) is 13.8 Å². The molecule has 0 unspecified atom stereocenters. The summed E-state index contributed by atoms with van der Waals surface area (Å²) < 4.78 is 9.74. The van der Waals surface area contributed by atoms with Crippen LogP contribution in [0.25, 0.3) is 0 Å². The zero-order valence-corrected chi connectivity index (χ0v) is 13.1. The predicted molar refractivity (Wildman–Crippen MR) is 79.8 cm³/mol. The molecule has 0 bridgehead atoms. The van der Waals surface area contributed by atoms with E-state index in [-0.39, 0.29) is 6.10 Å².